The molecule has 0 heterocycles. The van der Waals surface area contributed by atoms with E-state index < -0.39 is 0 Å². The van der Waals surface area contributed by atoms with Crippen LogP contribution in [0.2, 0.25) is 5.02 Å². The van der Waals surface area contributed by atoms with Crippen molar-refractivity contribution in [3.05, 3.63) is 51.5 Å². The molecule has 0 unspecified atom stereocenters. The standard InChI is InChI=1S/C13H11BrClNO2/c14-10-6-9(4-5-11(10)15)16-7-8-2-1-3-12(17)13(8)18/h1-6,16-18H,7H2. The van der Waals surface area contributed by atoms with Gasteiger partial charge in [0.2, 0.25) is 0 Å². The predicted molar refractivity (Wildman–Crippen MR) is 76.3 cm³/mol. The van der Waals surface area contributed by atoms with Crippen LogP contribution in [-0.2, 0) is 6.54 Å². The van der Waals surface area contributed by atoms with Crippen molar-refractivity contribution in [3.8, 4) is 11.5 Å². The van der Waals surface area contributed by atoms with Crippen molar-refractivity contribution in [1.29, 1.82) is 0 Å². The Kier molecular flexibility index (Phi) is 3.99. The molecule has 0 radical (unpaired) electrons. The van der Waals surface area contributed by atoms with Crippen LogP contribution in [0.15, 0.2) is 40.9 Å². The zero-order valence-electron chi connectivity index (χ0n) is 9.32. The minimum absolute atomic E-state index is 0.0990. The summed E-state index contributed by atoms with van der Waals surface area (Å²) < 4.78 is 0.800. The second-order valence-electron chi connectivity index (χ2n) is 3.77. The SMILES string of the molecule is Oc1cccc(CNc2ccc(Cl)c(Br)c2)c1O. The van der Waals surface area contributed by atoms with Gasteiger partial charge in [0, 0.05) is 22.3 Å². The van der Waals surface area contributed by atoms with E-state index in [1.165, 1.54) is 6.07 Å². The number of halogens is 2. The van der Waals surface area contributed by atoms with E-state index in [2.05, 4.69) is 21.2 Å². The highest BCUT2D eigenvalue weighted by molar-refractivity contribution is 9.10. The maximum atomic E-state index is 9.65. The maximum absolute atomic E-state index is 9.65. The van der Waals surface area contributed by atoms with Crippen molar-refractivity contribution in [2.75, 3.05) is 5.32 Å². The fourth-order valence-electron chi connectivity index (χ4n) is 1.52. The van der Waals surface area contributed by atoms with Crippen molar-refractivity contribution in [2.45, 2.75) is 6.54 Å². The van der Waals surface area contributed by atoms with Gasteiger partial charge in [-0.2, -0.15) is 0 Å². The predicted octanol–water partition coefficient (Wildman–Crippen LogP) is 4.13. The van der Waals surface area contributed by atoms with Crippen LogP contribution in [-0.4, -0.2) is 10.2 Å². The number of anilines is 1. The Morgan fingerprint density at radius 3 is 2.67 bits per heavy atom. The Morgan fingerprint density at radius 1 is 1.17 bits per heavy atom. The van der Waals surface area contributed by atoms with Crippen molar-refractivity contribution in [2.24, 2.45) is 0 Å². The van der Waals surface area contributed by atoms with Crippen LogP contribution in [0.1, 0.15) is 5.56 Å². The first kappa shape index (κ1) is 13.1. The molecule has 0 fully saturated rings. The summed E-state index contributed by atoms with van der Waals surface area (Å²) >= 11 is 9.23. The quantitative estimate of drug-likeness (QED) is 0.743. The Labute approximate surface area is 118 Å². The normalized spacial score (nSPS) is 10.3. The average Bonchev–Trinajstić information content (AvgIpc) is 2.35. The molecule has 3 nitrogen and oxygen atoms in total. The fraction of sp³-hybridized carbons (Fsp3) is 0.0769. The molecular formula is C13H11BrClNO2. The maximum Gasteiger partial charge on any atom is 0.162 e. The van der Waals surface area contributed by atoms with Gasteiger partial charge >= 0.3 is 0 Å². The second-order valence-corrected chi connectivity index (χ2v) is 5.03. The molecule has 0 aliphatic heterocycles. The van der Waals surface area contributed by atoms with E-state index in [4.69, 9.17) is 11.6 Å². The highest BCUT2D eigenvalue weighted by Crippen LogP contribution is 2.30. The summed E-state index contributed by atoms with van der Waals surface area (Å²) in [6.07, 6.45) is 0. The van der Waals surface area contributed by atoms with Crippen molar-refractivity contribution in [3.63, 3.8) is 0 Å². The van der Waals surface area contributed by atoms with Gasteiger partial charge in [-0.1, -0.05) is 23.7 Å². The molecule has 0 saturated carbocycles. The molecule has 0 saturated heterocycles. The molecule has 94 valence electrons. The number of aromatic hydroxyl groups is 2. The molecule has 5 heteroatoms. The van der Waals surface area contributed by atoms with Gasteiger partial charge in [-0.25, -0.2) is 0 Å². The highest BCUT2D eigenvalue weighted by atomic mass is 79.9. The zero-order valence-corrected chi connectivity index (χ0v) is 11.7. The number of benzene rings is 2. The lowest BCUT2D eigenvalue weighted by Crippen LogP contribution is -1.99. The van der Waals surface area contributed by atoms with Gasteiger partial charge in [0.05, 0.1) is 5.02 Å². The van der Waals surface area contributed by atoms with Crippen molar-refractivity contribution < 1.29 is 10.2 Å². The van der Waals surface area contributed by atoms with Crippen LogP contribution in [0.5, 0.6) is 11.5 Å². The number of para-hydroxylation sites is 1. The van der Waals surface area contributed by atoms with Crippen LogP contribution >= 0.6 is 27.5 Å². The van der Waals surface area contributed by atoms with Crippen LogP contribution < -0.4 is 5.32 Å². The molecule has 0 bridgehead atoms. The molecule has 0 amide bonds. The highest BCUT2D eigenvalue weighted by Gasteiger charge is 2.05. The lowest BCUT2D eigenvalue weighted by molar-refractivity contribution is 0.400. The van der Waals surface area contributed by atoms with Gasteiger partial charge in [0.15, 0.2) is 11.5 Å². The van der Waals surface area contributed by atoms with Crippen LogP contribution in [0.3, 0.4) is 0 Å². The minimum Gasteiger partial charge on any atom is -0.504 e. The third-order valence-corrected chi connectivity index (χ3v) is 3.71. The average molecular weight is 329 g/mol. The molecule has 0 aliphatic rings. The van der Waals surface area contributed by atoms with E-state index in [9.17, 15) is 10.2 Å². The summed E-state index contributed by atoms with van der Waals surface area (Å²) in [6.45, 7) is 0.411. The van der Waals surface area contributed by atoms with Crippen LogP contribution in [0.4, 0.5) is 5.69 Å². The monoisotopic (exact) mass is 327 g/mol. The van der Waals surface area contributed by atoms with Gasteiger partial charge in [-0.15, -0.1) is 0 Å². The van der Waals surface area contributed by atoms with Gasteiger partial charge in [0.1, 0.15) is 0 Å². The smallest absolute Gasteiger partial charge is 0.162 e. The summed E-state index contributed by atoms with van der Waals surface area (Å²) in [4.78, 5) is 0. The van der Waals surface area contributed by atoms with Gasteiger partial charge in [-0.3, -0.25) is 0 Å². The lowest BCUT2D eigenvalue weighted by atomic mass is 10.2. The third kappa shape index (κ3) is 2.89. The first-order chi connectivity index (χ1) is 8.58. The van der Waals surface area contributed by atoms with Gasteiger partial charge < -0.3 is 15.5 Å². The summed E-state index contributed by atoms with van der Waals surface area (Å²) in [5.41, 5.74) is 1.50. The molecule has 2 aromatic carbocycles. The van der Waals surface area contributed by atoms with Crippen LogP contribution in [0, 0.1) is 0 Å². The number of hydrogen-bond donors (Lipinski definition) is 3. The fourth-order valence-corrected chi connectivity index (χ4v) is 2.02. The van der Waals surface area contributed by atoms with E-state index in [1.807, 2.05) is 12.1 Å². The molecule has 18 heavy (non-hydrogen) atoms. The van der Waals surface area contributed by atoms with Crippen molar-refractivity contribution in [1.82, 2.24) is 0 Å². The van der Waals surface area contributed by atoms with E-state index in [-0.39, 0.29) is 11.5 Å². The first-order valence-electron chi connectivity index (χ1n) is 5.26. The molecule has 0 atom stereocenters. The number of hydrogen-bond acceptors (Lipinski definition) is 3. The molecule has 2 rings (SSSR count). The minimum atomic E-state index is -0.119. The largest absolute Gasteiger partial charge is 0.504 e. The lowest BCUT2D eigenvalue weighted by Gasteiger charge is -2.09. The van der Waals surface area contributed by atoms with Gasteiger partial charge in [-0.05, 0) is 40.2 Å². The topological polar surface area (TPSA) is 52.5 Å². The molecule has 0 aromatic heterocycles. The summed E-state index contributed by atoms with van der Waals surface area (Å²) in [5.74, 6) is -0.218. The number of phenolic OH excluding ortho intramolecular Hbond substituents is 2. The van der Waals surface area contributed by atoms with Crippen molar-refractivity contribution >= 4 is 33.2 Å². The van der Waals surface area contributed by atoms with E-state index in [0.29, 0.717) is 17.1 Å². The first-order valence-corrected chi connectivity index (χ1v) is 6.44. The molecule has 0 spiro atoms. The van der Waals surface area contributed by atoms with E-state index in [0.717, 1.165) is 10.2 Å². The van der Waals surface area contributed by atoms with E-state index >= 15 is 0 Å². The third-order valence-electron chi connectivity index (χ3n) is 2.50. The Morgan fingerprint density at radius 2 is 1.94 bits per heavy atom. The zero-order chi connectivity index (χ0) is 13.1. The number of phenols is 2. The van der Waals surface area contributed by atoms with Crippen LogP contribution in [0.25, 0.3) is 0 Å². The number of nitrogens with one attached hydrogen (secondary N) is 1. The Hall–Kier alpha value is -1.39. The van der Waals surface area contributed by atoms with Gasteiger partial charge in [0.25, 0.3) is 0 Å². The molecular weight excluding hydrogens is 318 g/mol. The summed E-state index contributed by atoms with van der Waals surface area (Å²) in [5, 5.41) is 22.8. The van der Waals surface area contributed by atoms with E-state index in [1.54, 1.807) is 18.2 Å². The Balaban J connectivity index is 2.11. The summed E-state index contributed by atoms with van der Waals surface area (Å²) in [7, 11) is 0. The second kappa shape index (κ2) is 5.50. The summed E-state index contributed by atoms with van der Waals surface area (Å²) in [6, 6.07) is 10.3. The Bertz CT molecular complexity index is 575. The molecule has 3 N–H and O–H groups in total. The number of rotatable bonds is 3. The molecule has 0 aliphatic carbocycles. The molecule has 2 aromatic rings.